The minimum absolute atomic E-state index is 0.00388. The highest BCUT2D eigenvalue weighted by Gasteiger charge is 2.18. The smallest absolute Gasteiger partial charge is 0.327 e. The van der Waals surface area contributed by atoms with Crippen LogP contribution in [-0.4, -0.2) is 30.4 Å². The van der Waals surface area contributed by atoms with Crippen molar-refractivity contribution in [3.63, 3.8) is 0 Å². The zero-order chi connectivity index (χ0) is 15.7. The number of nitrogens with one attached hydrogen (secondary N) is 1. The summed E-state index contributed by atoms with van der Waals surface area (Å²) in [5.41, 5.74) is 6.32. The summed E-state index contributed by atoms with van der Waals surface area (Å²) in [6.07, 6.45) is 3.96. The Labute approximate surface area is 125 Å². The van der Waals surface area contributed by atoms with E-state index < -0.39 is 5.91 Å². The van der Waals surface area contributed by atoms with E-state index in [0.717, 1.165) is 6.42 Å². The SMILES string of the molecule is CCCn1c(=O)[nH]c2c(C(N)=O)nc(-c3cccnc3)nc21. The van der Waals surface area contributed by atoms with Gasteiger partial charge in [0, 0.05) is 24.5 Å². The number of carbonyl (C=O) groups excluding carboxylic acids is 1. The fourth-order valence-corrected chi connectivity index (χ4v) is 2.26. The van der Waals surface area contributed by atoms with Gasteiger partial charge < -0.3 is 10.7 Å². The molecule has 0 bridgehead atoms. The number of primary amides is 1. The number of nitrogens with two attached hydrogens (primary N) is 1. The molecule has 0 fully saturated rings. The molecule has 8 nitrogen and oxygen atoms in total. The molecular formula is C14H14N6O2. The van der Waals surface area contributed by atoms with Crippen molar-refractivity contribution in [3.8, 4) is 11.4 Å². The Balaban J connectivity index is 2.34. The molecule has 0 unspecified atom stereocenters. The molecule has 0 radical (unpaired) electrons. The summed E-state index contributed by atoms with van der Waals surface area (Å²) in [5, 5.41) is 0. The van der Waals surface area contributed by atoms with Crippen molar-refractivity contribution >= 4 is 17.1 Å². The Morgan fingerprint density at radius 3 is 2.86 bits per heavy atom. The van der Waals surface area contributed by atoms with Gasteiger partial charge in [0.1, 0.15) is 5.52 Å². The molecule has 1 amide bonds. The summed E-state index contributed by atoms with van der Waals surface area (Å²) in [6.45, 7) is 2.43. The van der Waals surface area contributed by atoms with Crippen molar-refractivity contribution in [1.29, 1.82) is 0 Å². The van der Waals surface area contributed by atoms with E-state index in [1.165, 1.54) is 4.57 Å². The molecule has 0 saturated heterocycles. The van der Waals surface area contributed by atoms with E-state index in [9.17, 15) is 9.59 Å². The predicted octanol–water partition coefficient (Wildman–Crippen LogP) is 0.690. The molecule has 0 aliphatic heterocycles. The molecule has 0 aliphatic rings. The minimum atomic E-state index is -0.720. The Bertz CT molecular complexity index is 897. The standard InChI is InChI=1S/C14H14N6O2/c1-2-6-20-13-10(18-14(20)22)9(11(15)21)17-12(19-13)8-4-3-5-16-7-8/h3-5,7H,2,6H2,1H3,(H2,15,21)(H,18,22). The van der Waals surface area contributed by atoms with Crippen molar-refractivity contribution in [2.45, 2.75) is 19.9 Å². The van der Waals surface area contributed by atoms with E-state index in [-0.39, 0.29) is 16.9 Å². The third-order valence-corrected chi connectivity index (χ3v) is 3.22. The summed E-state index contributed by atoms with van der Waals surface area (Å²) in [6, 6.07) is 3.51. The molecule has 0 spiro atoms. The predicted molar refractivity (Wildman–Crippen MR) is 80.2 cm³/mol. The normalized spacial score (nSPS) is 11.0. The number of aromatic amines is 1. The topological polar surface area (TPSA) is 120 Å². The van der Waals surface area contributed by atoms with Crippen LogP contribution in [0, 0.1) is 0 Å². The van der Waals surface area contributed by atoms with Gasteiger partial charge in [-0.15, -0.1) is 0 Å². The molecule has 0 saturated carbocycles. The van der Waals surface area contributed by atoms with Crippen LogP contribution in [-0.2, 0) is 6.54 Å². The molecule has 3 N–H and O–H groups in total. The lowest BCUT2D eigenvalue weighted by atomic mass is 10.2. The van der Waals surface area contributed by atoms with E-state index in [2.05, 4.69) is 19.9 Å². The second-order valence-corrected chi connectivity index (χ2v) is 4.78. The van der Waals surface area contributed by atoms with Gasteiger partial charge in [0.15, 0.2) is 17.2 Å². The maximum Gasteiger partial charge on any atom is 0.327 e. The van der Waals surface area contributed by atoms with Crippen LogP contribution in [0.5, 0.6) is 0 Å². The number of pyridine rings is 1. The van der Waals surface area contributed by atoms with Gasteiger partial charge in [-0.2, -0.15) is 0 Å². The monoisotopic (exact) mass is 298 g/mol. The molecule has 0 atom stereocenters. The number of fused-ring (bicyclic) bond motifs is 1. The minimum Gasteiger partial charge on any atom is -0.364 e. The lowest BCUT2D eigenvalue weighted by Crippen LogP contribution is -2.16. The van der Waals surface area contributed by atoms with Gasteiger partial charge >= 0.3 is 5.69 Å². The van der Waals surface area contributed by atoms with E-state index >= 15 is 0 Å². The van der Waals surface area contributed by atoms with Crippen LogP contribution in [0.2, 0.25) is 0 Å². The summed E-state index contributed by atoms with van der Waals surface area (Å²) in [5.74, 6) is -0.416. The zero-order valence-corrected chi connectivity index (χ0v) is 11.9. The maximum absolute atomic E-state index is 12.0. The average molecular weight is 298 g/mol. The van der Waals surface area contributed by atoms with E-state index in [1.807, 2.05) is 6.92 Å². The molecular weight excluding hydrogens is 284 g/mol. The quantitative estimate of drug-likeness (QED) is 0.734. The number of nitrogens with zero attached hydrogens (tertiary/aromatic N) is 4. The van der Waals surface area contributed by atoms with Crippen molar-refractivity contribution in [2.24, 2.45) is 5.73 Å². The lowest BCUT2D eigenvalue weighted by Gasteiger charge is -2.05. The van der Waals surface area contributed by atoms with Crippen LogP contribution in [0.4, 0.5) is 0 Å². The van der Waals surface area contributed by atoms with Crippen molar-refractivity contribution < 1.29 is 4.79 Å². The highest BCUT2D eigenvalue weighted by atomic mass is 16.2. The van der Waals surface area contributed by atoms with Crippen LogP contribution < -0.4 is 11.4 Å². The summed E-state index contributed by atoms with van der Waals surface area (Å²) in [7, 11) is 0. The van der Waals surface area contributed by atoms with Crippen molar-refractivity contribution in [2.75, 3.05) is 0 Å². The van der Waals surface area contributed by atoms with Crippen LogP contribution in [0.15, 0.2) is 29.3 Å². The first-order valence-corrected chi connectivity index (χ1v) is 6.82. The number of aryl methyl sites for hydroxylation is 1. The maximum atomic E-state index is 12.0. The van der Waals surface area contributed by atoms with Gasteiger partial charge in [0.25, 0.3) is 5.91 Å². The van der Waals surface area contributed by atoms with Gasteiger partial charge in [-0.1, -0.05) is 6.92 Å². The first kappa shape index (κ1) is 13.9. The van der Waals surface area contributed by atoms with Gasteiger partial charge in [-0.3, -0.25) is 14.3 Å². The fraction of sp³-hybridized carbons (Fsp3) is 0.214. The molecule has 3 aromatic heterocycles. The highest BCUT2D eigenvalue weighted by Crippen LogP contribution is 2.19. The first-order chi connectivity index (χ1) is 10.6. The Morgan fingerprint density at radius 2 is 2.23 bits per heavy atom. The second-order valence-electron chi connectivity index (χ2n) is 4.78. The fourth-order valence-electron chi connectivity index (χ4n) is 2.26. The number of amides is 1. The summed E-state index contributed by atoms with van der Waals surface area (Å²) in [4.78, 5) is 38.9. The lowest BCUT2D eigenvalue weighted by molar-refractivity contribution is 0.0997. The summed E-state index contributed by atoms with van der Waals surface area (Å²) < 4.78 is 1.48. The number of rotatable bonds is 4. The van der Waals surface area contributed by atoms with Crippen molar-refractivity contribution in [1.82, 2.24) is 24.5 Å². The number of H-pyrrole nitrogens is 1. The third-order valence-electron chi connectivity index (χ3n) is 3.22. The van der Waals surface area contributed by atoms with E-state index in [1.54, 1.807) is 24.5 Å². The number of hydrogen-bond acceptors (Lipinski definition) is 5. The van der Waals surface area contributed by atoms with Gasteiger partial charge in [0.2, 0.25) is 0 Å². The molecule has 0 aliphatic carbocycles. The van der Waals surface area contributed by atoms with Crippen LogP contribution in [0.25, 0.3) is 22.6 Å². The number of carbonyl (C=O) groups is 1. The average Bonchev–Trinajstić information content (AvgIpc) is 2.83. The number of imidazole rings is 1. The molecule has 3 rings (SSSR count). The van der Waals surface area contributed by atoms with Gasteiger partial charge in [-0.25, -0.2) is 14.8 Å². The zero-order valence-electron chi connectivity index (χ0n) is 11.9. The number of hydrogen-bond donors (Lipinski definition) is 2. The molecule has 22 heavy (non-hydrogen) atoms. The first-order valence-electron chi connectivity index (χ1n) is 6.82. The van der Waals surface area contributed by atoms with Crippen molar-refractivity contribution in [3.05, 3.63) is 40.7 Å². The second kappa shape index (κ2) is 5.40. The molecule has 3 aromatic rings. The molecule has 8 heteroatoms. The largest absolute Gasteiger partial charge is 0.364 e. The van der Waals surface area contributed by atoms with Gasteiger partial charge in [-0.05, 0) is 18.6 Å². The molecule has 0 aromatic carbocycles. The Kier molecular flexibility index (Phi) is 3.42. The summed E-state index contributed by atoms with van der Waals surface area (Å²) >= 11 is 0. The van der Waals surface area contributed by atoms with E-state index in [4.69, 9.17) is 5.73 Å². The third kappa shape index (κ3) is 2.24. The molecule has 3 heterocycles. The van der Waals surface area contributed by atoms with Gasteiger partial charge in [0.05, 0.1) is 0 Å². The number of aromatic nitrogens is 5. The molecule has 112 valence electrons. The Morgan fingerprint density at radius 1 is 1.41 bits per heavy atom. The van der Waals surface area contributed by atoms with Crippen LogP contribution in [0.1, 0.15) is 23.8 Å². The highest BCUT2D eigenvalue weighted by molar-refractivity contribution is 6.01. The van der Waals surface area contributed by atoms with Crippen LogP contribution in [0.3, 0.4) is 0 Å². The van der Waals surface area contributed by atoms with Crippen LogP contribution >= 0.6 is 0 Å². The Hall–Kier alpha value is -3.03. The van der Waals surface area contributed by atoms with E-state index in [0.29, 0.717) is 23.6 Å².